The second-order valence-electron chi connectivity index (χ2n) is 4.65. The average molecular weight is 250 g/mol. The highest BCUT2D eigenvalue weighted by atomic mass is 32.2. The minimum Gasteiger partial charge on any atom is -0.374 e. The Hall–Kier alpha value is -0.170. The van der Waals surface area contributed by atoms with Gasteiger partial charge in [0.15, 0.2) is 0 Å². The molecule has 0 aromatic heterocycles. The molecule has 1 saturated heterocycles. The molecule has 0 radical (unpaired) electrons. The topological polar surface area (TPSA) is 58.6 Å². The smallest absolute Gasteiger partial charge is 0.214 e. The average Bonchev–Trinajstić information content (AvgIpc) is 2.17. The number of ether oxygens (including phenoxy) is 1. The summed E-state index contributed by atoms with van der Waals surface area (Å²) in [5, 5.41) is 3.19. The van der Waals surface area contributed by atoms with E-state index in [9.17, 15) is 8.42 Å². The minimum absolute atomic E-state index is 0.0271. The molecule has 1 atom stereocenters. The molecule has 1 unspecified atom stereocenters. The van der Waals surface area contributed by atoms with Crippen molar-refractivity contribution in [2.24, 2.45) is 5.92 Å². The third-order valence-corrected chi connectivity index (χ3v) is 4.67. The first-order valence-corrected chi connectivity index (χ1v) is 7.29. The molecule has 1 aliphatic rings. The first-order valence-electron chi connectivity index (χ1n) is 5.68. The van der Waals surface area contributed by atoms with E-state index in [1.165, 1.54) is 4.31 Å². The molecule has 0 saturated carbocycles. The predicted octanol–water partition coefficient (Wildman–Crippen LogP) is -0.108. The van der Waals surface area contributed by atoms with E-state index in [4.69, 9.17) is 4.74 Å². The van der Waals surface area contributed by atoms with Crippen molar-refractivity contribution in [1.82, 2.24) is 9.62 Å². The van der Waals surface area contributed by atoms with Crippen LogP contribution in [0.2, 0.25) is 0 Å². The molecule has 0 aromatic rings. The first kappa shape index (κ1) is 13.9. The molecule has 0 amide bonds. The van der Waals surface area contributed by atoms with Crippen LogP contribution in [-0.4, -0.2) is 57.9 Å². The Balaban J connectivity index is 2.46. The Morgan fingerprint density at radius 2 is 2.19 bits per heavy atom. The molecule has 0 spiro atoms. The first-order chi connectivity index (χ1) is 7.42. The molecule has 16 heavy (non-hydrogen) atoms. The second-order valence-corrected chi connectivity index (χ2v) is 6.77. The fourth-order valence-electron chi connectivity index (χ4n) is 1.69. The van der Waals surface area contributed by atoms with E-state index < -0.39 is 10.0 Å². The molecule has 0 aliphatic carbocycles. The number of hydrogen-bond acceptors (Lipinski definition) is 4. The Labute approximate surface area is 98.2 Å². The van der Waals surface area contributed by atoms with Gasteiger partial charge in [-0.25, -0.2) is 12.7 Å². The maximum atomic E-state index is 11.9. The third-order valence-electron chi connectivity index (χ3n) is 2.48. The molecule has 1 rings (SSSR count). The molecule has 1 heterocycles. The predicted molar refractivity (Wildman–Crippen MR) is 63.9 cm³/mol. The van der Waals surface area contributed by atoms with Gasteiger partial charge < -0.3 is 10.1 Å². The van der Waals surface area contributed by atoms with Crippen LogP contribution in [0.25, 0.3) is 0 Å². The maximum Gasteiger partial charge on any atom is 0.214 e. The Morgan fingerprint density at radius 1 is 1.50 bits per heavy atom. The summed E-state index contributed by atoms with van der Waals surface area (Å²) < 4.78 is 30.6. The van der Waals surface area contributed by atoms with Crippen molar-refractivity contribution in [3.8, 4) is 0 Å². The Kier molecular flexibility index (Phi) is 5.17. The molecule has 1 N–H and O–H groups in total. The lowest BCUT2D eigenvalue weighted by molar-refractivity contribution is 0.0206. The highest BCUT2D eigenvalue weighted by molar-refractivity contribution is 7.89. The van der Waals surface area contributed by atoms with Crippen LogP contribution in [0.3, 0.4) is 0 Å². The number of likely N-dealkylation sites (N-methyl/N-ethyl adjacent to an activating group) is 1. The minimum atomic E-state index is -3.13. The summed E-state index contributed by atoms with van der Waals surface area (Å²) in [6.07, 6.45) is -0.0271. The van der Waals surface area contributed by atoms with Crippen molar-refractivity contribution < 1.29 is 13.2 Å². The lowest BCUT2D eigenvalue weighted by Crippen LogP contribution is -2.46. The Bertz CT molecular complexity index is 297. The van der Waals surface area contributed by atoms with Crippen molar-refractivity contribution >= 4 is 10.0 Å². The van der Waals surface area contributed by atoms with E-state index in [2.05, 4.69) is 5.32 Å². The van der Waals surface area contributed by atoms with Crippen LogP contribution in [-0.2, 0) is 14.8 Å². The van der Waals surface area contributed by atoms with Crippen LogP contribution < -0.4 is 5.32 Å². The van der Waals surface area contributed by atoms with Gasteiger partial charge in [0.2, 0.25) is 10.0 Å². The van der Waals surface area contributed by atoms with Crippen molar-refractivity contribution in [2.75, 3.05) is 39.0 Å². The molecule has 1 fully saturated rings. The summed E-state index contributed by atoms with van der Waals surface area (Å²) >= 11 is 0. The van der Waals surface area contributed by atoms with E-state index >= 15 is 0 Å². The highest BCUT2D eigenvalue weighted by Crippen LogP contribution is 2.07. The highest BCUT2D eigenvalue weighted by Gasteiger charge is 2.24. The van der Waals surface area contributed by atoms with Gasteiger partial charge in [-0.3, -0.25) is 0 Å². The van der Waals surface area contributed by atoms with Gasteiger partial charge in [0.1, 0.15) is 0 Å². The van der Waals surface area contributed by atoms with Crippen molar-refractivity contribution in [3.63, 3.8) is 0 Å². The van der Waals surface area contributed by atoms with E-state index in [1.807, 2.05) is 13.8 Å². The van der Waals surface area contributed by atoms with Crippen molar-refractivity contribution in [3.05, 3.63) is 0 Å². The number of morpholine rings is 1. The van der Waals surface area contributed by atoms with Gasteiger partial charge in [-0.15, -0.1) is 0 Å². The van der Waals surface area contributed by atoms with Gasteiger partial charge in [0, 0.05) is 26.7 Å². The monoisotopic (exact) mass is 250 g/mol. The molecule has 0 bridgehead atoms. The van der Waals surface area contributed by atoms with Gasteiger partial charge >= 0.3 is 0 Å². The summed E-state index contributed by atoms with van der Waals surface area (Å²) in [5.74, 6) is 0.349. The number of sulfonamides is 1. The zero-order valence-electron chi connectivity index (χ0n) is 10.3. The summed E-state index contributed by atoms with van der Waals surface area (Å²) in [5.41, 5.74) is 0. The van der Waals surface area contributed by atoms with Crippen LogP contribution in [0, 0.1) is 5.92 Å². The lowest BCUT2D eigenvalue weighted by atomic mass is 10.3. The van der Waals surface area contributed by atoms with Gasteiger partial charge in [0.05, 0.1) is 18.5 Å². The van der Waals surface area contributed by atoms with Crippen LogP contribution in [0.15, 0.2) is 0 Å². The fraction of sp³-hybridized carbons (Fsp3) is 1.00. The van der Waals surface area contributed by atoms with Crippen LogP contribution in [0.1, 0.15) is 13.8 Å². The third kappa shape index (κ3) is 4.37. The van der Waals surface area contributed by atoms with Crippen LogP contribution in [0.4, 0.5) is 0 Å². The quantitative estimate of drug-likeness (QED) is 0.740. The number of rotatable bonds is 5. The molecule has 0 aromatic carbocycles. The molecule has 5 nitrogen and oxygen atoms in total. The number of nitrogens with zero attached hydrogens (tertiary/aromatic N) is 1. The molecular formula is C10H22N2O3S. The summed E-state index contributed by atoms with van der Waals surface area (Å²) in [7, 11) is -1.51. The van der Waals surface area contributed by atoms with Crippen molar-refractivity contribution in [2.45, 2.75) is 20.0 Å². The van der Waals surface area contributed by atoms with E-state index in [0.717, 1.165) is 13.1 Å². The van der Waals surface area contributed by atoms with E-state index in [1.54, 1.807) is 7.05 Å². The summed E-state index contributed by atoms with van der Waals surface area (Å²) in [6.45, 7) is 6.47. The van der Waals surface area contributed by atoms with Gasteiger partial charge in [-0.05, 0) is 5.92 Å². The molecule has 6 heteroatoms. The van der Waals surface area contributed by atoms with Gasteiger partial charge in [0.25, 0.3) is 0 Å². The van der Waals surface area contributed by atoms with E-state index in [-0.39, 0.29) is 17.8 Å². The lowest BCUT2D eigenvalue weighted by Gasteiger charge is -2.28. The zero-order chi connectivity index (χ0) is 12.2. The normalized spacial score (nSPS) is 22.9. The zero-order valence-corrected chi connectivity index (χ0v) is 11.1. The Morgan fingerprint density at radius 3 is 2.69 bits per heavy atom. The van der Waals surface area contributed by atoms with Crippen LogP contribution in [0.5, 0.6) is 0 Å². The summed E-state index contributed by atoms with van der Waals surface area (Å²) in [6, 6.07) is 0. The maximum absolute atomic E-state index is 11.9. The largest absolute Gasteiger partial charge is 0.374 e. The van der Waals surface area contributed by atoms with Crippen LogP contribution >= 0.6 is 0 Å². The molecule has 96 valence electrons. The summed E-state index contributed by atoms with van der Waals surface area (Å²) in [4.78, 5) is 0. The standard InChI is InChI=1S/C10H22N2O3S/c1-9(2)8-16(13,14)12(3)7-10-6-11-4-5-15-10/h9-11H,4-8H2,1-3H3. The number of nitrogens with one attached hydrogen (secondary N) is 1. The van der Waals surface area contributed by atoms with Crippen molar-refractivity contribution in [1.29, 1.82) is 0 Å². The molecular weight excluding hydrogens is 228 g/mol. The van der Waals surface area contributed by atoms with Gasteiger partial charge in [-0.2, -0.15) is 0 Å². The van der Waals surface area contributed by atoms with Gasteiger partial charge in [-0.1, -0.05) is 13.8 Å². The fourth-order valence-corrected chi connectivity index (χ4v) is 3.18. The second kappa shape index (κ2) is 5.95. The SMILES string of the molecule is CC(C)CS(=O)(=O)N(C)CC1CNCCO1. The number of hydrogen-bond donors (Lipinski definition) is 1. The molecule has 1 aliphatic heterocycles. The van der Waals surface area contributed by atoms with E-state index in [0.29, 0.717) is 13.2 Å².